The van der Waals surface area contributed by atoms with Crippen molar-refractivity contribution in [3.8, 4) is 0 Å². The minimum absolute atomic E-state index is 0.684. The monoisotopic (exact) mass is 251 g/mol. The smallest absolute Gasteiger partial charge is 0.00721 e. The zero-order valence-corrected chi connectivity index (χ0v) is 11.9. The first-order valence-electron chi connectivity index (χ1n) is 6.74. The van der Waals surface area contributed by atoms with Crippen LogP contribution in [0.15, 0.2) is 29.2 Å². The molecule has 0 radical (unpaired) electrons. The second kappa shape index (κ2) is 8.60. The summed E-state index contributed by atoms with van der Waals surface area (Å²) in [5.74, 6) is 1.90. The van der Waals surface area contributed by atoms with Crippen LogP contribution in [-0.4, -0.2) is 12.3 Å². The molecule has 0 saturated heterocycles. The summed E-state index contributed by atoms with van der Waals surface area (Å²) in [5, 5.41) is 0. The molecule has 1 atom stereocenters. The van der Waals surface area contributed by atoms with Crippen LogP contribution in [0, 0.1) is 0 Å². The maximum atomic E-state index is 5.59. The third kappa shape index (κ3) is 5.13. The van der Waals surface area contributed by atoms with E-state index < -0.39 is 0 Å². The standard InChI is InChI=1S/C15H25NS/c1-3-12-17-15-9-7-14(8-10-15)13(4-2)6-5-11-16/h7-10,13H,3-6,11-12,16H2,1-2H3. The van der Waals surface area contributed by atoms with Crippen molar-refractivity contribution in [3.05, 3.63) is 29.8 Å². The number of benzene rings is 1. The lowest BCUT2D eigenvalue weighted by Gasteiger charge is -2.15. The van der Waals surface area contributed by atoms with E-state index in [0.717, 1.165) is 13.0 Å². The molecule has 0 aliphatic carbocycles. The van der Waals surface area contributed by atoms with E-state index in [1.54, 1.807) is 0 Å². The number of hydrogen-bond acceptors (Lipinski definition) is 2. The molecule has 0 spiro atoms. The van der Waals surface area contributed by atoms with E-state index in [4.69, 9.17) is 5.73 Å². The molecule has 96 valence electrons. The molecule has 2 N–H and O–H groups in total. The van der Waals surface area contributed by atoms with Gasteiger partial charge in [0.25, 0.3) is 0 Å². The minimum atomic E-state index is 0.684. The molecule has 0 heterocycles. The van der Waals surface area contributed by atoms with Crippen molar-refractivity contribution < 1.29 is 0 Å². The fourth-order valence-corrected chi connectivity index (χ4v) is 2.80. The highest BCUT2D eigenvalue weighted by Crippen LogP contribution is 2.27. The third-order valence-electron chi connectivity index (χ3n) is 3.07. The van der Waals surface area contributed by atoms with Crippen LogP contribution in [0.3, 0.4) is 0 Å². The maximum absolute atomic E-state index is 5.59. The summed E-state index contributed by atoms with van der Waals surface area (Å²) in [6.45, 7) is 5.29. The van der Waals surface area contributed by atoms with Crippen molar-refractivity contribution in [1.29, 1.82) is 0 Å². The van der Waals surface area contributed by atoms with Gasteiger partial charge in [0.2, 0.25) is 0 Å². The Morgan fingerprint density at radius 1 is 1.18 bits per heavy atom. The van der Waals surface area contributed by atoms with Crippen LogP contribution < -0.4 is 5.73 Å². The van der Waals surface area contributed by atoms with E-state index >= 15 is 0 Å². The molecule has 0 bridgehead atoms. The molecule has 17 heavy (non-hydrogen) atoms. The largest absolute Gasteiger partial charge is 0.330 e. The van der Waals surface area contributed by atoms with E-state index in [-0.39, 0.29) is 0 Å². The van der Waals surface area contributed by atoms with Crippen LogP contribution in [0.2, 0.25) is 0 Å². The minimum Gasteiger partial charge on any atom is -0.330 e. The van der Waals surface area contributed by atoms with E-state index in [1.807, 2.05) is 11.8 Å². The summed E-state index contributed by atoms with van der Waals surface area (Å²) >= 11 is 1.95. The van der Waals surface area contributed by atoms with Gasteiger partial charge in [0, 0.05) is 4.90 Å². The van der Waals surface area contributed by atoms with Crippen molar-refractivity contribution in [1.82, 2.24) is 0 Å². The Labute approximate surface area is 110 Å². The maximum Gasteiger partial charge on any atom is 0.00721 e. The number of rotatable bonds is 8. The second-order valence-electron chi connectivity index (χ2n) is 4.45. The van der Waals surface area contributed by atoms with Crippen molar-refractivity contribution in [2.75, 3.05) is 12.3 Å². The Morgan fingerprint density at radius 2 is 1.88 bits per heavy atom. The lowest BCUT2D eigenvalue weighted by Crippen LogP contribution is -2.03. The van der Waals surface area contributed by atoms with Gasteiger partial charge in [-0.15, -0.1) is 11.8 Å². The first kappa shape index (κ1) is 14.6. The van der Waals surface area contributed by atoms with Crippen molar-refractivity contribution >= 4 is 11.8 Å². The molecule has 0 aromatic heterocycles. The molecule has 0 fully saturated rings. The third-order valence-corrected chi connectivity index (χ3v) is 4.29. The van der Waals surface area contributed by atoms with Gasteiger partial charge in [-0.1, -0.05) is 26.0 Å². The van der Waals surface area contributed by atoms with Gasteiger partial charge in [0.1, 0.15) is 0 Å². The van der Waals surface area contributed by atoms with E-state index in [0.29, 0.717) is 5.92 Å². The molecule has 1 unspecified atom stereocenters. The molecular weight excluding hydrogens is 226 g/mol. The first-order chi connectivity index (χ1) is 8.31. The number of hydrogen-bond donors (Lipinski definition) is 1. The summed E-state index contributed by atoms with van der Waals surface area (Å²) in [6, 6.07) is 9.12. The van der Waals surface area contributed by atoms with Gasteiger partial charge >= 0.3 is 0 Å². The van der Waals surface area contributed by atoms with Crippen LogP contribution in [0.5, 0.6) is 0 Å². The summed E-state index contributed by atoms with van der Waals surface area (Å²) in [4.78, 5) is 1.39. The Balaban J connectivity index is 2.57. The summed E-state index contributed by atoms with van der Waals surface area (Å²) in [7, 11) is 0. The van der Waals surface area contributed by atoms with Crippen molar-refractivity contribution in [2.24, 2.45) is 5.73 Å². The van der Waals surface area contributed by atoms with Crippen LogP contribution in [-0.2, 0) is 0 Å². The van der Waals surface area contributed by atoms with Crippen LogP contribution in [0.25, 0.3) is 0 Å². The fraction of sp³-hybridized carbons (Fsp3) is 0.600. The molecule has 0 aliphatic rings. The second-order valence-corrected chi connectivity index (χ2v) is 5.62. The van der Waals surface area contributed by atoms with Crippen molar-refractivity contribution in [3.63, 3.8) is 0 Å². The lowest BCUT2D eigenvalue weighted by molar-refractivity contribution is 0.581. The molecule has 1 rings (SSSR count). The molecule has 0 aliphatic heterocycles. The zero-order chi connectivity index (χ0) is 12.5. The van der Waals surface area contributed by atoms with Crippen LogP contribution in [0.1, 0.15) is 51.0 Å². The first-order valence-corrected chi connectivity index (χ1v) is 7.73. The molecular formula is C15H25NS. The Kier molecular flexibility index (Phi) is 7.38. The number of nitrogens with two attached hydrogens (primary N) is 1. The van der Waals surface area contributed by atoms with Gasteiger partial charge in [-0.2, -0.15) is 0 Å². The zero-order valence-electron chi connectivity index (χ0n) is 11.1. The molecule has 1 nitrogen and oxygen atoms in total. The normalized spacial score (nSPS) is 12.6. The fourth-order valence-electron chi connectivity index (χ4n) is 2.03. The summed E-state index contributed by atoms with van der Waals surface area (Å²) < 4.78 is 0. The Hall–Kier alpha value is -0.470. The molecule has 2 heteroatoms. The van der Waals surface area contributed by atoms with Crippen LogP contribution in [0.4, 0.5) is 0 Å². The average Bonchev–Trinajstić information content (AvgIpc) is 2.38. The number of thioether (sulfide) groups is 1. The Bertz CT molecular complexity index is 294. The van der Waals surface area contributed by atoms with Gasteiger partial charge in [-0.25, -0.2) is 0 Å². The molecule has 0 amide bonds. The van der Waals surface area contributed by atoms with Gasteiger partial charge in [0.15, 0.2) is 0 Å². The highest BCUT2D eigenvalue weighted by Gasteiger charge is 2.08. The predicted octanol–water partition coefficient (Wildman–Crippen LogP) is 4.42. The van der Waals surface area contributed by atoms with Crippen LogP contribution >= 0.6 is 11.8 Å². The van der Waals surface area contributed by atoms with Crippen molar-refractivity contribution in [2.45, 2.75) is 50.3 Å². The lowest BCUT2D eigenvalue weighted by atomic mass is 9.92. The van der Waals surface area contributed by atoms with Gasteiger partial charge < -0.3 is 5.73 Å². The quantitative estimate of drug-likeness (QED) is 0.692. The highest BCUT2D eigenvalue weighted by molar-refractivity contribution is 7.99. The molecule has 1 aromatic carbocycles. The van der Waals surface area contributed by atoms with Gasteiger partial charge in [-0.05, 0) is 61.6 Å². The topological polar surface area (TPSA) is 26.0 Å². The van der Waals surface area contributed by atoms with Gasteiger partial charge in [-0.3, -0.25) is 0 Å². The molecule has 0 saturated carbocycles. The van der Waals surface area contributed by atoms with E-state index in [9.17, 15) is 0 Å². The molecule has 1 aromatic rings. The average molecular weight is 251 g/mol. The summed E-state index contributed by atoms with van der Waals surface area (Å²) in [5.41, 5.74) is 7.06. The Morgan fingerprint density at radius 3 is 2.41 bits per heavy atom. The predicted molar refractivity (Wildman–Crippen MR) is 78.8 cm³/mol. The van der Waals surface area contributed by atoms with E-state index in [1.165, 1.54) is 35.5 Å². The van der Waals surface area contributed by atoms with Gasteiger partial charge in [0.05, 0.1) is 0 Å². The van der Waals surface area contributed by atoms with E-state index in [2.05, 4.69) is 38.1 Å². The highest BCUT2D eigenvalue weighted by atomic mass is 32.2. The SMILES string of the molecule is CCCSc1ccc(C(CC)CCCN)cc1. The summed E-state index contributed by atoms with van der Waals surface area (Å²) in [6.07, 6.45) is 4.79.